The topological polar surface area (TPSA) is 37.8 Å². The van der Waals surface area contributed by atoms with Crippen LogP contribution in [0.2, 0.25) is 5.02 Å². The first kappa shape index (κ1) is 12.2. The van der Waals surface area contributed by atoms with Crippen LogP contribution >= 0.6 is 11.6 Å². The highest BCUT2D eigenvalue weighted by Gasteiger charge is 2.45. The molecule has 1 N–H and O–H groups in total. The van der Waals surface area contributed by atoms with Crippen LogP contribution in [0.4, 0.5) is 4.39 Å². The molecule has 2 heterocycles. The van der Waals surface area contributed by atoms with Crippen molar-refractivity contribution in [2.24, 2.45) is 0 Å². The quantitative estimate of drug-likeness (QED) is 0.810. The Morgan fingerprint density at radius 3 is 3.10 bits per heavy atom. The Morgan fingerprint density at radius 1 is 1.30 bits per heavy atom. The van der Waals surface area contributed by atoms with E-state index in [0.717, 1.165) is 48.2 Å². The average molecular weight is 290 g/mol. The van der Waals surface area contributed by atoms with Crippen molar-refractivity contribution in [2.45, 2.75) is 24.8 Å². The van der Waals surface area contributed by atoms with Crippen LogP contribution in [0, 0.1) is 5.82 Å². The summed E-state index contributed by atoms with van der Waals surface area (Å²) in [6.07, 6.45) is 6.02. The van der Waals surface area contributed by atoms with Gasteiger partial charge in [0.25, 0.3) is 0 Å². The fourth-order valence-electron chi connectivity index (χ4n) is 3.54. The molecular formula is C15H13ClFN3. The predicted molar refractivity (Wildman–Crippen MR) is 74.2 cm³/mol. The number of nitrogens with one attached hydrogen (secondary N) is 1. The normalized spacial score (nSPS) is 23.7. The van der Waals surface area contributed by atoms with Crippen LogP contribution in [0.25, 0.3) is 0 Å². The Kier molecular flexibility index (Phi) is 2.59. The number of fused-ring (bicyclic) bond motifs is 4. The van der Waals surface area contributed by atoms with E-state index in [1.165, 1.54) is 6.07 Å². The van der Waals surface area contributed by atoms with Crippen LogP contribution in [0.1, 0.15) is 28.8 Å². The Labute approximate surface area is 121 Å². The van der Waals surface area contributed by atoms with Crippen LogP contribution in [0.3, 0.4) is 0 Å². The molecule has 5 heteroatoms. The second-order valence-electron chi connectivity index (χ2n) is 5.39. The van der Waals surface area contributed by atoms with E-state index in [0.29, 0.717) is 5.02 Å². The molecule has 0 radical (unpaired) electrons. The Hall–Kier alpha value is -1.52. The molecule has 3 nitrogen and oxygen atoms in total. The summed E-state index contributed by atoms with van der Waals surface area (Å²) in [5.74, 6) is -0.294. The lowest BCUT2D eigenvalue weighted by atomic mass is 9.82. The van der Waals surface area contributed by atoms with Gasteiger partial charge in [-0.05, 0) is 48.1 Å². The van der Waals surface area contributed by atoms with Crippen LogP contribution in [0.5, 0.6) is 0 Å². The first-order valence-corrected chi connectivity index (χ1v) is 7.11. The van der Waals surface area contributed by atoms with Gasteiger partial charge in [0.05, 0.1) is 11.2 Å². The zero-order valence-corrected chi connectivity index (χ0v) is 11.5. The number of halogens is 2. The highest BCUT2D eigenvalue weighted by Crippen LogP contribution is 2.46. The molecule has 0 fully saturated rings. The standard InChI is InChI=1S/C15H13ClFN3/c16-13-6-10(17)5-12-11(13)1-3-15(12)14-9(2-4-20-15)7-18-8-19-14/h5-8,20H,1-4H2. The van der Waals surface area contributed by atoms with Crippen molar-refractivity contribution >= 4 is 11.6 Å². The van der Waals surface area contributed by atoms with Gasteiger partial charge in [-0.1, -0.05) is 11.6 Å². The molecule has 0 saturated heterocycles. The predicted octanol–water partition coefficient (Wildman–Crippen LogP) is 2.60. The van der Waals surface area contributed by atoms with Crippen molar-refractivity contribution in [2.75, 3.05) is 6.54 Å². The molecule has 1 spiro atoms. The third-order valence-electron chi connectivity index (χ3n) is 4.38. The lowest BCUT2D eigenvalue weighted by Crippen LogP contribution is -2.47. The van der Waals surface area contributed by atoms with Gasteiger partial charge in [-0.3, -0.25) is 0 Å². The summed E-state index contributed by atoms with van der Waals surface area (Å²) in [7, 11) is 0. The van der Waals surface area contributed by atoms with Gasteiger partial charge in [0, 0.05) is 17.8 Å². The van der Waals surface area contributed by atoms with Crippen LogP contribution in [-0.2, 0) is 18.4 Å². The SMILES string of the molecule is Fc1cc(Cl)c2c(c1)C1(CC2)NCCc2cncnc21. The number of rotatable bonds is 0. The highest BCUT2D eigenvalue weighted by molar-refractivity contribution is 6.31. The average Bonchev–Trinajstić information content (AvgIpc) is 2.80. The van der Waals surface area contributed by atoms with Gasteiger partial charge in [-0.15, -0.1) is 0 Å². The zero-order chi connectivity index (χ0) is 13.7. The molecular weight excluding hydrogens is 277 g/mol. The summed E-state index contributed by atoms with van der Waals surface area (Å²) in [5, 5.41) is 4.06. The molecule has 20 heavy (non-hydrogen) atoms. The Morgan fingerprint density at radius 2 is 2.20 bits per heavy atom. The molecule has 1 atom stereocenters. The molecule has 0 bridgehead atoms. The van der Waals surface area contributed by atoms with Gasteiger partial charge in [-0.25, -0.2) is 14.4 Å². The molecule has 0 amide bonds. The molecule has 4 rings (SSSR count). The summed E-state index contributed by atoms with van der Waals surface area (Å²) in [6, 6.07) is 2.99. The maximum atomic E-state index is 13.8. The van der Waals surface area contributed by atoms with E-state index in [1.54, 1.807) is 12.4 Å². The number of nitrogens with zero attached hydrogens (tertiary/aromatic N) is 2. The summed E-state index contributed by atoms with van der Waals surface area (Å²) in [6.45, 7) is 0.841. The molecule has 1 aliphatic carbocycles. The van der Waals surface area contributed by atoms with Gasteiger partial charge in [0.2, 0.25) is 0 Å². The van der Waals surface area contributed by atoms with Crippen molar-refractivity contribution < 1.29 is 4.39 Å². The molecule has 2 aliphatic rings. The minimum atomic E-state index is -0.405. The smallest absolute Gasteiger partial charge is 0.125 e. The summed E-state index contributed by atoms with van der Waals surface area (Å²) < 4.78 is 13.8. The van der Waals surface area contributed by atoms with Crippen molar-refractivity contribution in [1.29, 1.82) is 0 Å². The number of benzene rings is 1. The van der Waals surface area contributed by atoms with Crippen LogP contribution in [0.15, 0.2) is 24.7 Å². The molecule has 2 aromatic rings. The summed E-state index contributed by atoms with van der Waals surface area (Å²) >= 11 is 6.20. The van der Waals surface area contributed by atoms with E-state index in [2.05, 4.69) is 15.3 Å². The maximum Gasteiger partial charge on any atom is 0.125 e. The highest BCUT2D eigenvalue weighted by atomic mass is 35.5. The van der Waals surface area contributed by atoms with Gasteiger partial charge in [0.1, 0.15) is 12.1 Å². The van der Waals surface area contributed by atoms with Crippen molar-refractivity contribution in [3.05, 3.63) is 57.9 Å². The summed E-state index contributed by atoms with van der Waals surface area (Å²) in [4.78, 5) is 8.58. The van der Waals surface area contributed by atoms with E-state index in [4.69, 9.17) is 11.6 Å². The van der Waals surface area contributed by atoms with Crippen molar-refractivity contribution in [3.63, 3.8) is 0 Å². The van der Waals surface area contributed by atoms with Crippen molar-refractivity contribution in [1.82, 2.24) is 15.3 Å². The lowest BCUT2D eigenvalue weighted by Gasteiger charge is -2.36. The third kappa shape index (κ3) is 1.55. The molecule has 1 aromatic heterocycles. The Bertz CT molecular complexity index is 704. The largest absolute Gasteiger partial charge is 0.302 e. The van der Waals surface area contributed by atoms with E-state index in [1.807, 2.05) is 6.20 Å². The van der Waals surface area contributed by atoms with Crippen LogP contribution in [-0.4, -0.2) is 16.5 Å². The van der Waals surface area contributed by atoms with Crippen LogP contribution < -0.4 is 5.32 Å². The molecule has 1 aromatic carbocycles. The second kappa shape index (κ2) is 4.24. The number of hydrogen-bond acceptors (Lipinski definition) is 3. The minimum absolute atomic E-state index is 0.294. The first-order valence-electron chi connectivity index (χ1n) is 6.73. The number of aromatic nitrogens is 2. The van der Waals surface area contributed by atoms with Gasteiger partial charge in [-0.2, -0.15) is 0 Å². The molecule has 1 aliphatic heterocycles. The lowest BCUT2D eigenvalue weighted by molar-refractivity contribution is 0.364. The van der Waals surface area contributed by atoms with Gasteiger partial charge in [0.15, 0.2) is 0 Å². The van der Waals surface area contributed by atoms with Gasteiger partial charge < -0.3 is 5.32 Å². The molecule has 1 unspecified atom stereocenters. The van der Waals surface area contributed by atoms with E-state index >= 15 is 0 Å². The fourth-order valence-corrected chi connectivity index (χ4v) is 3.84. The third-order valence-corrected chi connectivity index (χ3v) is 4.72. The van der Waals surface area contributed by atoms with E-state index in [9.17, 15) is 4.39 Å². The summed E-state index contributed by atoms with van der Waals surface area (Å²) in [5.41, 5.74) is 3.67. The Balaban J connectivity index is 1.99. The second-order valence-corrected chi connectivity index (χ2v) is 5.80. The van der Waals surface area contributed by atoms with Gasteiger partial charge >= 0.3 is 0 Å². The number of hydrogen-bond donors (Lipinski definition) is 1. The zero-order valence-electron chi connectivity index (χ0n) is 10.8. The maximum absolute atomic E-state index is 13.8. The fraction of sp³-hybridized carbons (Fsp3) is 0.333. The van der Waals surface area contributed by atoms with E-state index < -0.39 is 5.54 Å². The van der Waals surface area contributed by atoms with Crippen molar-refractivity contribution in [3.8, 4) is 0 Å². The van der Waals surface area contributed by atoms with E-state index in [-0.39, 0.29) is 5.82 Å². The first-order chi connectivity index (χ1) is 9.71. The molecule has 102 valence electrons. The monoisotopic (exact) mass is 289 g/mol. The minimum Gasteiger partial charge on any atom is -0.302 e. The molecule has 0 saturated carbocycles.